The highest BCUT2D eigenvalue weighted by Crippen LogP contribution is 2.11. The van der Waals surface area contributed by atoms with Crippen LogP contribution in [0.1, 0.15) is 5.56 Å². The normalized spacial score (nSPS) is 11.0. The lowest BCUT2D eigenvalue weighted by Gasteiger charge is -2.21. The second-order valence-corrected chi connectivity index (χ2v) is 5.57. The summed E-state index contributed by atoms with van der Waals surface area (Å²) >= 11 is 0. The maximum absolute atomic E-state index is 13.1. The molecule has 0 spiro atoms. The minimum atomic E-state index is -1.01. The molecule has 0 aliphatic rings. The predicted octanol–water partition coefficient (Wildman–Crippen LogP) is 2.85. The third-order valence-electron chi connectivity index (χ3n) is 3.63. The van der Waals surface area contributed by atoms with E-state index in [1.807, 2.05) is 18.2 Å². The summed E-state index contributed by atoms with van der Waals surface area (Å²) in [6.45, 7) is 0.544. The number of methoxy groups -OCH3 is 1. The van der Waals surface area contributed by atoms with Crippen LogP contribution < -0.4 is 4.74 Å². The first-order chi connectivity index (χ1) is 13.0. The van der Waals surface area contributed by atoms with Crippen molar-refractivity contribution in [2.45, 2.75) is 6.54 Å². The van der Waals surface area contributed by atoms with Gasteiger partial charge in [0.15, 0.2) is 0 Å². The lowest BCUT2D eigenvalue weighted by atomic mass is 10.2. The molecule has 0 aliphatic heterocycles. The molecule has 1 amide bonds. The summed E-state index contributed by atoms with van der Waals surface area (Å²) in [5.41, 5.74) is 0.690. The van der Waals surface area contributed by atoms with E-state index in [4.69, 9.17) is 4.74 Å². The molecule has 0 saturated carbocycles. The first-order valence-corrected chi connectivity index (χ1v) is 8.20. The smallest absolute Gasteiger partial charge is 0.373 e. The van der Waals surface area contributed by atoms with Crippen molar-refractivity contribution in [3.8, 4) is 5.75 Å². The van der Waals surface area contributed by atoms with Crippen molar-refractivity contribution in [3.63, 3.8) is 0 Å². The van der Waals surface area contributed by atoms with Gasteiger partial charge in [0.2, 0.25) is 5.76 Å². The van der Waals surface area contributed by atoms with Crippen molar-refractivity contribution in [1.82, 2.24) is 4.90 Å². The first kappa shape index (κ1) is 20.0. The zero-order chi connectivity index (χ0) is 19.6. The average molecular weight is 373 g/mol. The summed E-state index contributed by atoms with van der Waals surface area (Å²) in [6.07, 6.45) is 0.790. The molecular weight excluding hydrogens is 353 g/mol. The summed E-state index contributed by atoms with van der Waals surface area (Å²) in [4.78, 5) is 25.1. The highest BCUT2D eigenvalue weighted by atomic mass is 19.1. The van der Waals surface area contributed by atoms with Crippen LogP contribution in [0.25, 0.3) is 0 Å². The van der Waals surface area contributed by atoms with Crippen LogP contribution in [-0.4, -0.2) is 42.1 Å². The molecule has 0 heterocycles. The summed E-state index contributed by atoms with van der Waals surface area (Å²) in [5, 5.41) is 9.60. The van der Waals surface area contributed by atoms with Gasteiger partial charge in [0.1, 0.15) is 18.2 Å². The number of esters is 1. The Labute approximate surface area is 156 Å². The van der Waals surface area contributed by atoms with E-state index in [0.29, 0.717) is 11.3 Å². The molecule has 0 atom stereocenters. The van der Waals surface area contributed by atoms with Crippen LogP contribution in [-0.2, 0) is 20.9 Å². The van der Waals surface area contributed by atoms with Crippen molar-refractivity contribution in [2.24, 2.45) is 0 Å². The molecule has 27 heavy (non-hydrogen) atoms. The second-order valence-electron chi connectivity index (χ2n) is 5.57. The molecule has 7 heteroatoms. The minimum absolute atomic E-state index is 0.155. The Morgan fingerprint density at radius 2 is 1.78 bits per heavy atom. The zero-order valence-electron chi connectivity index (χ0n) is 14.8. The zero-order valence-corrected chi connectivity index (χ0v) is 14.8. The maximum Gasteiger partial charge on any atom is 0.373 e. The molecule has 0 fully saturated rings. The molecule has 2 aromatic carbocycles. The van der Waals surface area contributed by atoms with E-state index >= 15 is 0 Å². The van der Waals surface area contributed by atoms with E-state index in [1.54, 1.807) is 24.3 Å². The Bertz CT molecular complexity index is 790. The summed E-state index contributed by atoms with van der Waals surface area (Å²) < 4.78 is 23.0. The molecule has 0 bridgehead atoms. The highest BCUT2D eigenvalue weighted by molar-refractivity contribution is 5.96. The SMILES string of the molecule is COC(=O)C(O)=CC(=O)N(CCOc1ccccc1)Cc1ccc(F)cc1. The Kier molecular flexibility index (Phi) is 7.37. The van der Waals surface area contributed by atoms with Gasteiger partial charge in [-0.2, -0.15) is 0 Å². The summed E-state index contributed by atoms with van der Waals surface area (Å²) in [6, 6.07) is 14.8. The number of hydrogen-bond donors (Lipinski definition) is 1. The van der Waals surface area contributed by atoms with Gasteiger partial charge in [-0.05, 0) is 29.8 Å². The van der Waals surface area contributed by atoms with E-state index in [2.05, 4.69) is 4.74 Å². The van der Waals surface area contributed by atoms with Gasteiger partial charge in [0.25, 0.3) is 5.91 Å². The van der Waals surface area contributed by atoms with Crippen molar-refractivity contribution in [1.29, 1.82) is 0 Å². The summed E-state index contributed by atoms with van der Waals surface area (Å²) in [7, 11) is 1.10. The van der Waals surface area contributed by atoms with Gasteiger partial charge in [0.05, 0.1) is 19.7 Å². The Balaban J connectivity index is 2.08. The van der Waals surface area contributed by atoms with Gasteiger partial charge in [-0.1, -0.05) is 30.3 Å². The Morgan fingerprint density at radius 1 is 1.11 bits per heavy atom. The van der Waals surface area contributed by atoms with Gasteiger partial charge in [0, 0.05) is 6.54 Å². The number of benzene rings is 2. The van der Waals surface area contributed by atoms with Gasteiger partial charge < -0.3 is 19.5 Å². The van der Waals surface area contributed by atoms with Crippen LogP contribution in [0.3, 0.4) is 0 Å². The standard InChI is InChI=1S/C20H20FNO5/c1-26-20(25)18(23)13-19(24)22(14-15-7-9-16(21)10-8-15)11-12-27-17-5-3-2-4-6-17/h2-10,13,23H,11-12,14H2,1H3. The van der Waals surface area contributed by atoms with E-state index in [1.165, 1.54) is 17.0 Å². The third kappa shape index (κ3) is 6.47. The fourth-order valence-corrected chi connectivity index (χ4v) is 2.24. The number of carbonyl (C=O) groups excluding carboxylic acids is 2. The van der Waals surface area contributed by atoms with E-state index in [-0.39, 0.29) is 25.5 Å². The molecule has 0 aliphatic carbocycles. The lowest BCUT2D eigenvalue weighted by molar-refractivity contribution is -0.139. The van der Waals surface area contributed by atoms with Crippen LogP contribution in [0.2, 0.25) is 0 Å². The topological polar surface area (TPSA) is 76.1 Å². The molecule has 142 valence electrons. The molecule has 2 aromatic rings. The number of ether oxygens (including phenoxy) is 2. The number of hydrogen-bond acceptors (Lipinski definition) is 5. The Hall–Kier alpha value is -3.35. The number of aliphatic hydroxyl groups excluding tert-OH is 1. The fourth-order valence-electron chi connectivity index (χ4n) is 2.24. The van der Waals surface area contributed by atoms with Crippen molar-refractivity contribution in [3.05, 3.63) is 77.8 Å². The lowest BCUT2D eigenvalue weighted by Crippen LogP contribution is -2.33. The van der Waals surface area contributed by atoms with Gasteiger partial charge in [-0.25, -0.2) is 9.18 Å². The van der Waals surface area contributed by atoms with Crippen LogP contribution in [0.5, 0.6) is 5.75 Å². The number of amides is 1. The van der Waals surface area contributed by atoms with Crippen molar-refractivity contribution < 1.29 is 28.6 Å². The monoisotopic (exact) mass is 373 g/mol. The maximum atomic E-state index is 13.1. The molecule has 0 radical (unpaired) electrons. The van der Waals surface area contributed by atoms with Gasteiger partial charge >= 0.3 is 5.97 Å². The second kappa shape index (κ2) is 9.96. The average Bonchev–Trinajstić information content (AvgIpc) is 2.68. The van der Waals surface area contributed by atoms with E-state index < -0.39 is 17.6 Å². The molecule has 0 unspecified atom stereocenters. The van der Waals surface area contributed by atoms with E-state index in [9.17, 15) is 19.1 Å². The van der Waals surface area contributed by atoms with E-state index in [0.717, 1.165) is 13.2 Å². The number of para-hydroxylation sites is 1. The highest BCUT2D eigenvalue weighted by Gasteiger charge is 2.16. The van der Waals surface area contributed by atoms with Crippen LogP contribution in [0, 0.1) is 5.82 Å². The number of halogens is 1. The predicted molar refractivity (Wildman–Crippen MR) is 96.5 cm³/mol. The quantitative estimate of drug-likeness (QED) is 0.437. The molecule has 2 rings (SSSR count). The van der Waals surface area contributed by atoms with Crippen LogP contribution in [0.4, 0.5) is 4.39 Å². The van der Waals surface area contributed by atoms with Crippen LogP contribution in [0.15, 0.2) is 66.4 Å². The number of nitrogens with zero attached hydrogens (tertiary/aromatic N) is 1. The largest absolute Gasteiger partial charge is 0.502 e. The number of aliphatic hydroxyl groups is 1. The molecule has 1 N–H and O–H groups in total. The summed E-state index contributed by atoms with van der Waals surface area (Å²) in [5.74, 6) is -2.13. The fraction of sp³-hybridized carbons (Fsp3) is 0.200. The van der Waals surface area contributed by atoms with Gasteiger partial charge in [-0.3, -0.25) is 4.79 Å². The number of carbonyl (C=O) groups is 2. The molecular formula is C20H20FNO5. The molecule has 0 aromatic heterocycles. The van der Waals surface area contributed by atoms with Crippen molar-refractivity contribution in [2.75, 3.05) is 20.3 Å². The Morgan fingerprint density at radius 3 is 2.41 bits per heavy atom. The van der Waals surface area contributed by atoms with Gasteiger partial charge in [-0.15, -0.1) is 0 Å². The third-order valence-corrected chi connectivity index (χ3v) is 3.63. The number of rotatable bonds is 8. The molecule has 6 nitrogen and oxygen atoms in total. The minimum Gasteiger partial charge on any atom is -0.502 e. The van der Waals surface area contributed by atoms with Crippen molar-refractivity contribution >= 4 is 11.9 Å². The molecule has 0 saturated heterocycles. The van der Waals surface area contributed by atoms with Crippen LogP contribution >= 0.6 is 0 Å². The first-order valence-electron chi connectivity index (χ1n) is 8.20.